The Morgan fingerprint density at radius 3 is 2.89 bits per heavy atom. The molecule has 1 atom stereocenters. The smallest absolute Gasteiger partial charge is 0.262 e. The molecule has 0 aliphatic carbocycles. The first-order valence-electron chi connectivity index (χ1n) is 9.64. The summed E-state index contributed by atoms with van der Waals surface area (Å²) in [4.78, 5) is 32.9. The number of aromatic nitrogens is 2. The van der Waals surface area contributed by atoms with E-state index in [1.807, 2.05) is 19.0 Å². The zero-order chi connectivity index (χ0) is 20.3. The van der Waals surface area contributed by atoms with Gasteiger partial charge in [-0.2, -0.15) is 0 Å². The van der Waals surface area contributed by atoms with Gasteiger partial charge in [-0.1, -0.05) is 0 Å². The number of carbonyl (C=O) groups is 1. The van der Waals surface area contributed by atoms with E-state index in [0.29, 0.717) is 46.9 Å². The highest BCUT2D eigenvalue weighted by molar-refractivity contribution is 7.71. The standard InChI is InChI=1S/C20H28N4O3S/c1-22(2)15-6-4-9-23(13-15)18(25)14-7-8-16-17(12-14)21-20(28)24(19(16)26)10-5-11-27-3/h7-8,12,15H,4-6,9-11,13H2,1-3H3,(H,21,28). The summed E-state index contributed by atoms with van der Waals surface area (Å²) < 4.78 is 6.96. The summed E-state index contributed by atoms with van der Waals surface area (Å²) in [5, 5.41) is 0.535. The molecular formula is C20H28N4O3S. The number of benzene rings is 1. The Bertz CT molecular complexity index is 966. The first kappa shape index (κ1) is 20.7. The van der Waals surface area contributed by atoms with Crippen LogP contribution in [0.1, 0.15) is 29.6 Å². The number of aromatic amines is 1. The fourth-order valence-electron chi connectivity index (χ4n) is 3.70. The van der Waals surface area contributed by atoms with E-state index in [4.69, 9.17) is 17.0 Å². The lowest BCUT2D eigenvalue weighted by Crippen LogP contribution is -2.47. The van der Waals surface area contributed by atoms with E-state index in [1.54, 1.807) is 29.9 Å². The fraction of sp³-hybridized carbons (Fsp3) is 0.550. The molecule has 152 valence electrons. The maximum Gasteiger partial charge on any atom is 0.262 e. The highest BCUT2D eigenvalue weighted by atomic mass is 32.1. The lowest BCUT2D eigenvalue weighted by Gasteiger charge is -2.36. The SMILES string of the molecule is COCCCn1c(=S)[nH]c2cc(C(=O)N3CCCC(N(C)C)C3)ccc2c1=O. The molecule has 2 aromatic rings. The van der Waals surface area contributed by atoms with Crippen LogP contribution in [0.2, 0.25) is 0 Å². The quantitative estimate of drug-likeness (QED) is 0.591. The lowest BCUT2D eigenvalue weighted by atomic mass is 10.0. The molecule has 1 aliphatic rings. The number of fused-ring (bicyclic) bond motifs is 1. The van der Waals surface area contributed by atoms with Crippen molar-refractivity contribution in [2.45, 2.75) is 31.8 Å². The number of H-pyrrole nitrogens is 1. The van der Waals surface area contributed by atoms with Crippen molar-refractivity contribution in [3.05, 3.63) is 38.9 Å². The molecule has 8 heteroatoms. The summed E-state index contributed by atoms with van der Waals surface area (Å²) in [5.74, 6) is -0.00274. The van der Waals surface area contributed by atoms with Crippen molar-refractivity contribution < 1.29 is 9.53 Å². The van der Waals surface area contributed by atoms with E-state index < -0.39 is 0 Å². The second-order valence-electron chi connectivity index (χ2n) is 7.50. The molecule has 1 aromatic carbocycles. The predicted octanol–water partition coefficient (Wildman–Crippen LogP) is 2.26. The Balaban J connectivity index is 1.88. The normalized spacial score (nSPS) is 17.4. The number of piperidine rings is 1. The van der Waals surface area contributed by atoms with E-state index in [2.05, 4.69) is 9.88 Å². The van der Waals surface area contributed by atoms with Gasteiger partial charge in [0.15, 0.2) is 4.77 Å². The molecule has 1 N–H and O–H groups in total. The summed E-state index contributed by atoms with van der Waals surface area (Å²) in [6.07, 6.45) is 2.80. The number of hydrogen-bond donors (Lipinski definition) is 1. The number of amides is 1. The Morgan fingerprint density at radius 2 is 2.18 bits per heavy atom. The first-order chi connectivity index (χ1) is 13.4. The highest BCUT2D eigenvalue weighted by Gasteiger charge is 2.25. The van der Waals surface area contributed by atoms with Crippen molar-refractivity contribution in [1.29, 1.82) is 0 Å². The van der Waals surface area contributed by atoms with Crippen LogP contribution in [0.25, 0.3) is 10.9 Å². The summed E-state index contributed by atoms with van der Waals surface area (Å²) in [5.41, 5.74) is 1.04. The Morgan fingerprint density at radius 1 is 1.39 bits per heavy atom. The molecule has 1 saturated heterocycles. The van der Waals surface area contributed by atoms with Gasteiger partial charge in [-0.3, -0.25) is 14.2 Å². The Labute approximate surface area is 169 Å². The van der Waals surface area contributed by atoms with Crippen molar-refractivity contribution in [3.63, 3.8) is 0 Å². The maximum atomic E-state index is 13.0. The van der Waals surface area contributed by atoms with Crippen molar-refractivity contribution in [2.24, 2.45) is 0 Å². The molecule has 2 heterocycles. The van der Waals surface area contributed by atoms with Gasteiger partial charge in [0.1, 0.15) is 0 Å². The molecule has 0 saturated carbocycles. The van der Waals surface area contributed by atoms with Crippen molar-refractivity contribution in [3.8, 4) is 0 Å². The fourth-order valence-corrected chi connectivity index (χ4v) is 3.99. The van der Waals surface area contributed by atoms with Crippen molar-refractivity contribution in [2.75, 3.05) is 40.9 Å². The number of likely N-dealkylation sites (tertiary alicyclic amines) is 1. The van der Waals surface area contributed by atoms with E-state index in [-0.39, 0.29) is 11.5 Å². The van der Waals surface area contributed by atoms with Crippen LogP contribution in [0.5, 0.6) is 0 Å². The number of nitrogens with zero attached hydrogens (tertiary/aromatic N) is 3. The molecule has 1 amide bonds. The van der Waals surface area contributed by atoms with E-state index in [9.17, 15) is 9.59 Å². The van der Waals surface area contributed by atoms with Gasteiger partial charge in [0.25, 0.3) is 11.5 Å². The van der Waals surface area contributed by atoms with Crippen LogP contribution in [0, 0.1) is 4.77 Å². The van der Waals surface area contributed by atoms with Gasteiger partial charge >= 0.3 is 0 Å². The molecule has 28 heavy (non-hydrogen) atoms. The molecular weight excluding hydrogens is 376 g/mol. The third-order valence-corrected chi connectivity index (χ3v) is 5.70. The largest absolute Gasteiger partial charge is 0.385 e. The third-order valence-electron chi connectivity index (χ3n) is 5.37. The number of likely N-dealkylation sites (N-methyl/N-ethyl adjacent to an activating group) is 1. The molecule has 1 aliphatic heterocycles. The van der Waals surface area contributed by atoms with Crippen LogP contribution >= 0.6 is 12.2 Å². The monoisotopic (exact) mass is 404 g/mol. The minimum absolute atomic E-state index is 0.00274. The molecule has 0 radical (unpaired) electrons. The van der Waals surface area contributed by atoms with Gasteiger partial charge in [0.2, 0.25) is 0 Å². The Hall–Kier alpha value is -2.03. The number of hydrogen-bond acceptors (Lipinski definition) is 5. The van der Waals surface area contributed by atoms with Gasteiger partial charge in [0, 0.05) is 45.0 Å². The van der Waals surface area contributed by atoms with Gasteiger partial charge in [0.05, 0.1) is 10.9 Å². The number of carbonyl (C=O) groups excluding carboxylic acids is 1. The average Bonchev–Trinajstić information content (AvgIpc) is 2.69. The van der Waals surface area contributed by atoms with Crippen LogP contribution in [-0.4, -0.2) is 72.2 Å². The second kappa shape index (κ2) is 8.98. The number of ether oxygens (including phenoxy) is 1. The molecule has 1 fully saturated rings. The van der Waals surface area contributed by atoms with E-state index in [0.717, 1.165) is 25.9 Å². The van der Waals surface area contributed by atoms with Crippen LogP contribution in [-0.2, 0) is 11.3 Å². The van der Waals surface area contributed by atoms with Crippen LogP contribution < -0.4 is 5.56 Å². The molecule has 0 bridgehead atoms. The zero-order valence-corrected chi connectivity index (χ0v) is 17.6. The minimum atomic E-state index is -0.139. The summed E-state index contributed by atoms with van der Waals surface area (Å²) in [6.45, 7) is 2.55. The van der Waals surface area contributed by atoms with Gasteiger partial charge in [-0.25, -0.2) is 0 Å². The van der Waals surface area contributed by atoms with Crippen LogP contribution in [0.15, 0.2) is 23.0 Å². The van der Waals surface area contributed by atoms with Crippen LogP contribution in [0.4, 0.5) is 0 Å². The third kappa shape index (κ3) is 4.34. The molecule has 0 spiro atoms. The maximum absolute atomic E-state index is 13.0. The summed E-state index contributed by atoms with van der Waals surface area (Å²) >= 11 is 5.36. The number of methoxy groups -OCH3 is 1. The topological polar surface area (TPSA) is 70.6 Å². The van der Waals surface area contributed by atoms with Crippen molar-refractivity contribution >= 4 is 29.0 Å². The van der Waals surface area contributed by atoms with E-state index >= 15 is 0 Å². The molecule has 3 rings (SSSR count). The molecule has 7 nitrogen and oxygen atoms in total. The molecule has 1 aromatic heterocycles. The summed E-state index contributed by atoms with van der Waals surface area (Å²) in [7, 11) is 5.73. The van der Waals surface area contributed by atoms with Gasteiger partial charge < -0.3 is 19.5 Å². The first-order valence-corrected chi connectivity index (χ1v) is 10.0. The average molecular weight is 405 g/mol. The lowest BCUT2D eigenvalue weighted by molar-refractivity contribution is 0.0635. The van der Waals surface area contributed by atoms with E-state index in [1.165, 1.54) is 0 Å². The van der Waals surface area contributed by atoms with Crippen LogP contribution in [0.3, 0.4) is 0 Å². The van der Waals surface area contributed by atoms with Gasteiger partial charge in [-0.05, 0) is 63.8 Å². The van der Waals surface area contributed by atoms with Crippen molar-refractivity contribution in [1.82, 2.24) is 19.4 Å². The second-order valence-corrected chi connectivity index (χ2v) is 7.89. The number of rotatable bonds is 6. The predicted molar refractivity (Wildman–Crippen MR) is 112 cm³/mol. The molecule has 1 unspecified atom stereocenters. The van der Waals surface area contributed by atoms with Gasteiger partial charge in [-0.15, -0.1) is 0 Å². The zero-order valence-electron chi connectivity index (χ0n) is 16.7. The highest BCUT2D eigenvalue weighted by Crippen LogP contribution is 2.18. The Kier molecular flexibility index (Phi) is 6.64. The minimum Gasteiger partial charge on any atom is -0.385 e. The number of nitrogens with one attached hydrogen (secondary N) is 1. The summed E-state index contributed by atoms with van der Waals surface area (Å²) in [6, 6.07) is 5.58.